The molecule has 0 radical (unpaired) electrons. The molecule has 0 saturated heterocycles. The van der Waals surface area contributed by atoms with Gasteiger partial charge >= 0.3 is 5.97 Å². The highest BCUT2D eigenvalue weighted by molar-refractivity contribution is 6.37. The van der Waals surface area contributed by atoms with E-state index < -0.39 is 17.8 Å². The zero-order chi connectivity index (χ0) is 17.1. The Labute approximate surface area is 142 Å². The molecule has 1 aromatic carbocycles. The van der Waals surface area contributed by atoms with Gasteiger partial charge in [-0.25, -0.2) is 9.67 Å². The van der Waals surface area contributed by atoms with Gasteiger partial charge in [0, 0.05) is 6.54 Å². The Hall–Kier alpha value is -2.12. The molecule has 2 rings (SSSR count). The third-order valence-electron chi connectivity index (χ3n) is 3.11. The largest absolute Gasteiger partial charge is 0.481 e. The summed E-state index contributed by atoms with van der Waals surface area (Å²) in [5.74, 6) is -1.93. The van der Waals surface area contributed by atoms with Gasteiger partial charge in [0.15, 0.2) is 0 Å². The summed E-state index contributed by atoms with van der Waals surface area (Å²) in [6.07, 6.45) is 0. The molecular weight excluding hydrogens is 343 g/mol. The number of aromatic nitrogens is 3. The molecule has 1 atom stereocenters. The van der Waals surface area contributed by atoms with Gasteiger partial charge in [0.2, 0.25) is 5.82 Å². The van der Waals surface area contributed by atoms with Gasteiger partial charge in [-0.05, 0) is 19.1 Å². The lowest BCUT2D eigenvalue weighted by Crippen LogP contribution is -2.32. The molecule has 0 aliphatic rings. The maximum absolute atomic E-state index is 12.0. The first-order valence-electron chi connectivity index (χ1n) is 6.70. The van der Waals surface area contributed by atoms with Crippen LogP contribution in [-0.2, 0) is 4.79 Å². The molecule has 122 valence electrons. The van der Waals surface area contributed by atoms with Crippen LogP contribution in [0.1, 0.15) is 23.4 Å². The topological polar surface area (TPSA) is 97.1 Å². The molecule has 2 N–H and O–H groups in total. The molecule has 23 heavy (non-hydrogen) atoms. The Kier molecular flexibility index (Phi) is 5.23. The third kappa shape index (κ3) is 3.80. The molecule has 1 heterocycles. The molecule has 7 nitrogen and oxygen atoms in total. The van der Waals surface area contributed by atoms with E-state index >= 15 is 0 Å². The Morgan fingerprint density at radius 1 is 1.35 bits per heavy atom. The fourth-order valence-corrected chi connectivity index (χ4v) is 2.36. The average molecular weight is 357 g/mol. The zero-order valence-electron chi connectivity index (χ0n) is 12.4. The van der Waals surface area contributed by atoms with Crippen LogP contribution in [0.15, 0.2) is 18.2 Å². The summed E-state index contributed by atoms with van der Waals surface area (Å²) in [5, 5.41) is 16.1. The number of carbonyl (C=O) groups is 2. The number of benzene rings is 1. The molecule has 1 aromatic heterocycles. The maximum atomic E-state index is 12.0. The predicted octanol–water partition coefficient (Wildman–Crippen LogP) is 2.33. The number of carbonyl (C=O) groups excluding carboxylic acids is 1. The van der Waals surface area contributed by atoms with Gasteiger partial charge in [-0.15, -0.1) is 5.10 Å². The molecule has 1 unspecified atom stereocenters. The molecule has 0 spiro atoms. The summed E-state index contributed by atoms with van der Waals surface area (Å²) in [7, 11) is 0. The van der Waals surface area contributed by atoms with Gasteiger partial charge in [-0.3, -0.25) is 9.59 Å². The van der Waals surface area contributed by atoms with Crippen molar-refractivity contribution in [3.05, 3.63) is 39.9 Å². The number of hydrogen-bond acceptors (Lipinski definition) is 4. The van der Waals surface area contributed by atoms with Crippen LogP contribution in [0.4, 0.5) is 0 Å². The second-order valence-electron chi connectivity index (χ2n) is 4.91. The number of rotatable bonds is 5. The highest BCUT2D eigenvalue weighted by Gasteiger charge is 2.19. The summed E-state index contributed by atoms with van der Waals surface area (Å²) < 4.78 is 1.38. The van der Waals surface area contributed by atoms with Gasteiger partial charge in [0.25, 0.3) is 5.91 Å². The van der Waals surface area contributed by atoms with Crippen molar-refractivity contribution in [2.45, 2.75) is 13.8 Å². The van der Waals surface area contributed by atoms with E-state index in [0.29, 0.717) is 21.6 Å². The van der Waals surface area contributed by atoms with Gasteiger partial charge in [-0.2, -0.15) is 0 Å². The number of aliphatic carboxylic acids is 1. The van der Waals surface area contributed by atoms with E-state index in [-0.39, 0.29) is 12.4 Å². The van der Waals surface area contributed by atoms with E-state index in [1.165, 1.54) is 11.6 Å². The molecule has 0 fully saturated rings. The van der Waals surface area contributed by atoms with Crippen LogP contribution in [0.5, 0.6) is 0 Å². The van der Waals surface area contributed by atoms with E-state index in [9.17, 15) is 9.59 Å². The molecule has 0 bridgehead atoms. The van der Waals surface area contributed by atoms with Gasteiger partial charge in [0.1, 0.15) is 11.5 Å². The number of hydrogen-bond donors (Lipinski definition) is 2. The molecule has 1 amide bonds. The highest BCUT2D eigenvalue weighted by Crippen LogP contribution is 2.28. The van der Waals surface area contributed by atoms with Crippen molar-refractivity contribution in [3.63, 3.8) is 0 Å². The van der Waals surface area contributed by atoms with Crippen molar-refractivity contribution in [3.8, 4) is 5.69 Å². The van der Waals surface area contributed by atoms with E-state index in [0.717, 1.165) is 0 Å². The SMILES string of the molecule is Cc1nc(C(=O)NCC(C)C(=O)O)nn1-c1c(Cl)cccc1Cl. The summed E-state index contributed by atoms with van der Waals surface area (Å²) in [6.45, 7) is 3.13. The second kappa shape index (κ2) is 6.97. The second-order valence-corrected chi connectivity index (χ2v) is 5.73. The minimum Gasteiger partial charge on any atom is -0.481 e. The number of aryl methyl sites for hydroxylation is 1. The summed E-state index contributed by atoms with van der Waals surface area (Å²) in [5.41, 5.74) is 0.429. The van der Waals surface area contributed by atoms with Crippen LogP contribution in [0.25, 0.3) is 5.69 Å². The minimum absolute atomic E-state index is 0.0192. The Bertz CT molecular complexity index is 740. The molecule has 0 aliphatic heterocycles. The first-order valence-corrected chi connectivity index (χ1v) is 7.46. The standard InChI is InChI=1S/C14H14Cl2N4O3/c1-7(14(22)23)6-17-13(21)12-18-8(2)20(19-12)11-9(15)4-3-5-10(11)16/h3-5,7H,6H2,1-2H3,(H,17,21)(H,22,23). The molecule has 0 saturated carbocycles. The van der Waals surface area contributed by atoms with Crippen LogP contribution >= 0.6 is 23.2 Å². The lowest BCUT2D eigenvalue weighted by molar-refractivity contribution is -0.140. The van der Waals surface area contributed by atoms with Crippen LogP contribution in [0.2, 0.25) is 10.0 Å². The number of halogens is 2. The van der Waals surface area contributed by atoms with Crippen LogP contribution in [0.3, 0.4) is 0 Å². The van der Waals surface area contributed by atoms with Crippen LogP contribution in [-0.4, -0.2) is 38.3 Å². The van der Waals surface area contributed by atoms with E-state index in [1.807, 2.05) is 0 Å². The molecular formula is C14H14Cl2N4O3. The van der Waals surface area contributed by atoms with E-state index in [1.54, 1.807) is 25.1 Å². The van der Waals surface area contributed by atoms with Crippen LogP contribution in [0, 0.1) is 12.8 Å². The number of carboxylic acids is 1. The van der Waals surface area contributed by atoms with Crippen molar-refractivity contribution in [1.29, 1.82) is 0 Å². The molecule has 9 heteroatoms. The van der Waals surface area contributed by atoms with Gasteiger partial charge < -0.3 is 10.4 Å². The van der Waals surface area contributed by atoms with E-state index in [2.05, 4.69) is 15.4 Å². The normalized spacial score (nSPS) is 12.0. The van der Waals surface area contributed by atoms with Crippen molar-refractivity contribution in [1.82, 2.24) is 20.1 Å². The zero-order valence-corrected chi connectivity index (χ0v) is 13.9. The first kappa shape index (κ1) is 17.2. The number of nitrogens with zero attached hydrogens (tertiary/aromatic N) is 3. The first-order chi connectivity index (χ1) is 10.8. The Morgan fingerprint density at radius 3 is 2.52 bits per heavy atom. The lowest BCUT2D eigenvalue weighted by Gasteiger charge is -2.07. The Morgan fingerprint density at radius 2 is 1.96 bits per heavy atom. The third-order valence-corrected chi connectivity index (χ3v) is 3.72. The van der Waals surface area contributed by atoms with Crippen molar-refractivity contribution < 1.29 is 14.7 Å². The highest BCUT2D eigenvalue weighted by atomic mass is 35.5. The number of nitrogens with one attached hydrogen (secondary N) is 1. The number of carboxylic acid groups (broad SMARTS) is 1. The van der Waals surface area contributed by atoms with Crippen molar-refractivity contribution in [2.24, 2.45) is 5.92 Å². The van der Waals surface area contributed by atoms with Gasteiger partial charge in [-0.1, -0.05) is 36.2 Å². The molecule has 2 aromatic rings. The summed E-state index contributed by atoms with van der Waals surface area (Å²) in [4.78, 5) is 26.8. The predicted molar refractivity (Wildman–Crippen MR) is 85.2 cm³/mol. The number of amides is 1. The van der Waals surface area contributed by atoms with Crippen LogP contribution < -0.4 is 5.32 Å². The average Bonchev–Trinajstić information content (AvgIpc) is 2.86. The quantitative estimate of drug-likeness (QED) is 0.856. The maximum Gasteiger partial charge on any atom is 0.308 e. The van der Waals surface area contributed by atoms with Crippen molar-refractivity contribution in [2.75, 3.05) is 6.54 Å². The lowest BCUT2D eigenvalue weighted by atomic mass is 10.2. The van der Waals surface area contributed by atoms with Crippen molar-refractivity contribution >= 4 is 35.1 Å². The molecule has 0 aliphatic carbocycles. The van der Waals surface area contributed by atoms with Gasteiger partial charge in [0.05, 0.1) is 16.0 Å². The smallest absolute Gasteiger partial charge is 0.308 e. The fourth-order valence-electron chi connectivity index (χ4n) is 1.80. The summed E-state index contributed by atoms with van der Waals surface area (Å²) >= 11 is 12.2. The number of para-hydroxylation sites is 1. The Balaban J connectivity index is 2.25. The summed E-state index contributed by atoms with van der Waals surface area (Å²) in [6, 6.07) is 5.00. The monoisotopic (exact) mass is 356 g/mol. The van der Waals surface area contributed by atoms with E-state index in [4.69, 9.17) is 28.3 Å². The fraction of sp³-hybridized carbons (Fsp3) is 0.286. The minimum atomic E-state index is -0.997.